The molecule has 0 bridgehead atoms. The van der Waals surface area contributed by atoms with Gasteiger partial charge in [-0.05, 0) is 0 Å². The maximum atomic E-state index is 8.00. The van der Waals surface area contributed by atoms with Gasteiger partial charge in [-0.1, -0.05) is 12.2 Å². The highest BCUT2D eigenvalue weighted by Gasteiger charge is 1.61. The highest BCUT2D eigenvalue weighted by Crippen LogP contribution is 1.63. The van der Waals surface area contributed by atoms with Gasteiger partial charge < -0.3 is 10.2 Å². The second-order valence-corrected chi connectivity index (χ2v) is 0.837. The summed E-state index contributed by atoms with van der Waals surface area (Å²) in [5.41, 5.74) is 0. The third kappa shape index (κ3) is 3.66. The Bertz CT molecular complexity index is 34.8. The quantitative estimate of drug-likeness (QED) is 0.355. The molecule has 0 saturated heterocycles. The summed E-state index contributed by atoms with van der Waals surface area (Å²) >= 11 is 0. The first kappa shape index (κ1) is 5.66. The van der Waals surface area contributed by atoms with Crippen molar-refractivity contribution in [3.05, 3.63) is 12.2 Å². The normalized spacial score (nSPS) is 10.3. The van der Waals surface area contributed by atoms with Crippen molar-refractivity contribution in [2.24, 2.45) is 0 Å². The van der Waals surface area contributed by atoms with E-state index in [0.717, 1.165) is 0 Å². The minimum absolute atomic E-state index is 0.0144. The van der Waals surface area contributed by atoms with E-state index in [9.17, 15) is 0 Å². The largest absolute Gasteiger partial charge is 0.392 e. The molecule has 0 aliphatic rings. The lowest BCUT2D eigenvalue weighted by Gasteiger charge is -1.73. The van der Waals surface area contributed by atoms with Gasteiger partial charge in [-0.3, -0.25) is 0 Å². The average Bonchev–Trinajstić information content (AvgIpc) is 1.61. The molecule has 0 radical (unpaired) electrons. The van der Waals surface area contributed by atoms with Crippen LogP contribution in [0.2, 0.25) is 0 Å². The van der Waals surface area contributed by atoms with Gasteiger partial charge in [0.05, 0.1) is 13.2 Å². The van der Waals surface area contributed by atoms with Gasteiger partial charge in [0.15, 0.2) is 0 Å². The zero-order valence-corrected chi connectivity index (χ0v) is 3.46. The summed E-state index contributed by atoms with van der Waals surface area (Å²) in [6.07, 6.45) is 2.97. The predicted molar refractivity (Wildman–Crippen MR) is 23.3 cm³/mol. The Morgan fingerprint density at radius 1 is 1.00 bits per heavy atom. The van der Waals surface area contributed by atoms with Crippen LogP contribution in [0.5, 0.6) is 0 Å². The molecule has 0 unspecified atom stereocenters. The van der Waals surface area contributed by atoms with Crippen LogP contribution < -0.4 is 0 Å². The zero-order chi connectivity index (χ0) is 4.83. The van der Waals surface area contributed by atoms with Gasteiger partial charge in [0.25, 0.3) is 0 Å². The van der Waals surface area contributed by atoms with Gasteiger partial charge in [0.1, 0.15) is 0 Å². The standard InChI is InChI=1S/C4H8O2/c5-3-1-2-4-6/h1-2,5-6H,3-4H2/b2-1-/i1+1,2+1. The monoisotopic (exact) mass is 90.1 g/mol. The SMILES string of the molecule is OC/[13CH]=[13CH]\CO. The number of rotatable bonds is 2. The van der Waals surface area contributed by atoms with E-state index in [1.807, 2.05) is 0 Å². The molecule has 0 spiro atoms. The van der Waals surface area contributed by atoms with Crippen molar-refractivity contribution < 1.29 is 10.2 Å². The molecule has 0 aromatic heterocycles. The molecular formula is C4H8O2. The summed E-state index contributed by atoms with van der Waals surface area (Å²) in [5.74, 6) is 0. The Hall–Kier alpha value is -0.340. The second kappa shape index (κ2) is 4.66. The third-order valence-electron chi connectivity index (χ3n) is 0.377. The topological polar surface area (TPSA) is 40.5 Å². The number of hydrogen-bond acceptors (Lipinski definition) is 2. The van der Waals surface area contributed by atoms with E-state index >= 15 is 0 Å². The molecular weight excluding hydrogens is 82.0 g/mol. The van der Waals surface area contributed by atoms with Crippen molar-refractivity contribution in [3.8, 4) is 0 Å². The first-order valence-corrected chi connectivity index (χ1v) is 1.78. The summed E-state index contributed by atoms with van der Waals surface area (Å²) in [6.45, 7) is 0.0289. The first-order valence-electron chi connectivity index (χ1n) is 1.78. The Kier molecular flexibility index (Phi) is 4.40. The third-order valence-corrected chi connectivity index (χ3v) is 0.377. The minimum Gasteiger partial charge on any atom is -0.392 e. The van der Waals surface area contributed by atoms with E-state index in [1.165, 1.54) is 12.2 Å². The number of aliphatic hydroxyl groups excluding tert-OH is 2. The van der Waals surface area contributed by atoms with Crippen LogP contribution in [0.3, 0.4) is 0 Å². The van der Waals surface area contributed by atoms with Crippen LogP contribution in [0.25, 0.3) is 0 Å². The summed E-state index contributed by atoms with van der Waals surface area (Å²) in [6, 6.07) is 0. The van der Waals surface area contributed by atoms with Crippen molar-refractivity contribution in [1.82, 2.24) is 0 Å². The molecule has 0 aromatic carbocycles. The molecule has 0 fully saturated rings. The molecule has 0 aromatic rings. The number of hydrogen-bond donors (Lipinski definition) is 2. The summed E-state index contributed by atoms with van der Waals surface area (Å²) in [7, 11) is 0. The fourth-order valence-electron chi connectivity index (χ4n) is 0.149. The summed E-state index contributed by atoms with van der Waals surface area (Å²) in [4.78, 5) is 0. The zero-order valence-electron chi connectivity index (χ0n) is 3.46. The van der Waals surface area contributed by atoms with Crippen LogP contribution >= 0.6 is 0 Å². The van der Waals surface area contributed by atoms with Gasteiger partial charge in [-0.15, -0.1) is 0 Å². The molecule has 0 rings (SSSR count). The van der Waals surface area contributed by atoms with E-state index < -0.39 is 0 Å². The van der Waals surface area contributed by atoms with E-state index in [2.05, 4.69) is 0 Å². The molecule has 2 N–H and O–H groups in total. The van der Waals surface area contributed by atoms with Crippen molar-refractivity contribution >= 4 is 0 Å². The molecule has 2 heteroatoms. The van der Waals surface area contributed by atoms with Crippen molar-refractivity contribution in [3.63, 3.8) is 0 Å². The Morgan fingerprint density at radius 2 is 1.33 bits per heavy atom. The van der Waals surface area contributed by atoms with Crippen LogP contribution in [0, 0.1) is 0 Å². The molecule has 0 saturated carbocycles. The lowest BCUT2D eigenvalue weighted by Crippen LogP contribution is -1.74. The highest BCUT2D eigenvalue weighted by atomic mass is 16.3. The van der Waals surface area contributed by atoms with E-state index in [4.69, 9.17) is 10.2 Å². The van der Waals surface area contributed by atoms with E-state index in [1.54, 1.807) is 0 Å². The lowest BCUT2D eigenvalue weighted by molar-refractivity contribution is 0.329. The van der Waals surface area contributed by atoms with Crippen LogP contribution in [-0.2, 0) is 0 Å². The van der Waals surface area contributed by atoms with Crippen molar-refractivity contribution in [2.45, 2.75) is 0 Å². The van der Waals surface area contributed by atoms with Gasteiger partial charge >= 0.3 is 0 Å². The molecule has 0 atom stereocenters. The predicted octanol–water partition coefficient (Wildman–Crippen LogP) is -0.473. The lowest BCUT2D eigenvalue weighted by atomic mass is 11.0. The molecule has 6 heavy (non-hydrogen) atoms. The Morgan fingerprint density at radius 3 is 1.50 bits per heavy atom. The molecule has 36 valence electrons. The van der Waals surface area contributed by atoms with Crippen LogP contribution in [0.15, 0.2) is 12.2 Å². The van der Waals surface area contributed by atoms with E-state index in [0.29, 0.717) is 0 Å². The molecule has 2 nitrogen and oxygen atoms in total. The van der Waals surface area contributed by atoms with Crippen molar-refractivity contribution in [2.75, 3.05) is 13.2 Å². The van der Waals surface area contributed by atoms with Crippen LogP contribution in [0.1, 0.15) is 0 Å². The van der Waals surface area contributed by atoms with Gasteiger partial charge in [0, 0.05) is 0 Å². The fraction of sp³-hybridized carbons (Fsp3) is 0.500. The minimum atomic E-state index is 0.0144. The van der Waals surface area contributed by atoms with Crippen LogP contribution in [0.4, 0.5) is 0 Å². The fourth-order valence-corrected chi connectivity index (χ4v) is 0.149. The van der Waals surface area contributed by atoms with Gasteiger partial charge in [0.2, 0.25) is 0 Å². The average molecular weight is 90.1 g/mol. The van der Waals surface area contributed by atoms with Crippen LogP contribution in [-0.4, -0.2) is 23.4 Å². The first-order chi connectivity index (χ1) is 2.91. The highest BCUT2D eigenvalue weighted by molar-refractivity contribution is 4.78. The summed E-state index contributed by atoms with van der Waals surface area (Å²) in [5, 5.41) is 16.0. The number of aliphatic hydroxyl groups is 2. The van der Waals surface area contributed by atoms with E-state index in [-0.39, 0.29) is 13.2 Å². The molecule has 0 aliphatic carbocycles. The van der Waals surface area contributed by atoms with Gasteiger partial charge in [-0.2, -0.15) is 0 Å². The van der Waals surface area contributed by atoms with Crippen molar-refractivity contribution in [1.29, 1.82) is 0 Å². The molecule has 0 aliphatic heterocycles. The van der Waals surface area contributed by atoms with Gasteiger partial charge in [-0.25, -0.2) is 0 Å². The Balaban J connectivity index is 2.73. The maximum absolute atomic E-state index is 8.00. The second-order valence-electron chi connectivity index (χ2n) is 0.837. The Labute approximate surface area is 36.7 Å². The summed E-state index contributed by atoms with van der Waals surface area (Å²) < 4.78 is 0. The molecule has 0 heterocycles. The molecule has 0 amide bonds. The maximum Gasteiger partial charge on any atom is 0.0613 e. The smallest absolute Gasteiger partial charge is 0.0613 e.